The molecule has 1 aliphatic rings. The third kappa shape index (κ3) is 8.49. The molecule has 0 amide bonds. The maximum atomic E-state index is 5.97. The van der Waals surface area contributed by atoms with Gasteiger partial charge in [-0.2, -0.15) is 9.97 Å². The van der Waals surface area contributed by atoms with E-state index >= 15 is 0 Å². The van der Waals surface area contributed by atoms with Crippen molar-refractivity contribution >= 4 is 459 Å². The molecule has 0 saturated heterocycles. The number of rotatable bonds is 6. The highest BCUT2D eigenvalue weighted by molar-refractivity contribution is 6.75. The molecule has 0 radical (unpaired) electrons. The van der Waals surface area contributed by atoms with E-state index in [0.29, 0.717) is 17.6 Å². The first-order valence-electron chi connectivity index (χ1n) is 32.0. The van der Waals surface area contributed by atoms with Crippen LogP contribution in [0.5, 0.6) is 0 Å². The zero-order chi connectivity index (χ0) is 64.1. The Labute approximate surface area is 546 Å². The molecule has 1 unspecified atom stereocenters. The smallest absolute Gasteiger partial charge is 0.238 e. The lowest BCUT2D eigenvalue weighted by molar-refractivity contribution is 0.958. The van der Waals surface area contributed by atoms with Crippen molar-refractivity contribution in [2.45, 2.75) is 5.92 Å². The summed E-state index contributed by atoms with van der Waals surface area (Å²) in [7, 11) is 74.9. The molecule has 7 aromatic carbocycles. The third-order valence-corrected chi connectivity index (χ3v) is 24.7. The van der Waals surface area contributed by atoms with Crippen molar-refractivity contribution in [3.8, 4) is 34.4 Å². The van der Waals surface area contributed by atoms with Crippen LogP contribution in [0.15, 0.2) is 16.4 Å². The molecular formula is C50H65B32N5. The summed E-state index contributed by atoms with van der Waals surface area (Å²) in [5.41, 5.74) is 54.8. The fraction of sp³-hybridized carbons (Fsp3) is 0.0200. The van der Waals surface area contributed by atoms with Gasteiger partial charge in [0.05, 0.1) is 11.0 Å². The molecule has 3 aromatic heterocycles. The van der Waals surface area contributed by atoms with Gasteiger partial charge in [-0.3, -0.25) is 4.57 Å². The van der Waals surface area contributed by atoms with Gasteiger partial charge in [0, 0.05) is 44.5 Å². The van der Waals surface area contributed by atoms with Crippen molar-refractivity contribution < 1.29 is 0 Å². The fourth-order valence-electron chi connectivity index (χ4n) is 16.6. The average Bonchev–Trinajstić information content (AvgIpc) is 1.52. The highest BCUT2D eigenvalue weighted by Crippen LogP contribution is 2.45. The highest BCUT2D eigenvalue weighted by atomic mass is 15.2. The van der Waals surface area contributed by atoms with Crippen LogP contribution in [-0.4, -0.2) is 275 Å². The Hall–Kier alpha value is -5.29. The van der Waals surface area contributed by atoms with Gasteiger partial charge in [0.1, 0.15) is 251 Å². The van der Waals surface area contributed by atoms with Crippen LogP contribution >= 0.6 is 0 Å². The van der Waals surface area contributed by atoms with E-state index in [1.165, 1.54) is 230 Å². The molecule has 0 spiro atoms. The van der Waals surface area contributed by atoms with E-state index in [-0.39, 0.29) is 5.92 Å². The second kappa shape index (κ2) is 21.7. The van der Waals surface area contributed by atoms with Crippen LogP contribution in [0, 0.1) is 0 Å². The summed E-state index contributed by atoms with van der Waals surface area (Å²) in [5.74, 6) is 2.13. The molecule has 3 heterocycles. The largest absolute Gasteiger partial charge is 0.309 e. The minimum atomic E-state index is 0.0672. The molecule has 1 aliphatic carbocycles. The van der Waals surface area contributed by atoms with Crippen LogP contribution in [0.4, 0.5) is 0 Å². The summed E-state index contributed by atoms with van der Waals surface area (Å²) < 4.78 is 5.32. The zero-order valence-electron chi connectivity index (χ0n) is 59.3. The molecule has 0 aliphatic heterocycles. The van der Waals surface area contributed by atoms with E-state index in [2.05, 4.69) is 260 Å². The standard InChI is InChI=1S/C50H65B32N5/c51-11-1(3-13(53)26(66)35(75)27(67)14(3)54)2(12(52)25(11)65)4-15(55)34(74)42(82)47(24(4)64)86-43-5(18(58)28(68)38(78)40(43)80)7-16(56)17(57)8-6-19(59)29(69)39(79)41(81)44(6)87(46(8)45(7)86)50-84-48(9-20(60)30(70)36(76)31(71)21(9)61)83-49(85-50)10-22(62)32(72)37(77)33(73)23(10)63/h2H,51-82H2. The Balaban J connectivity index is 1.44. The molecule has 386 valence electrons. The molecule has 1 atom stereocenters. The lowest BCUT2D eigenvalue weighted by Gasteiger charge is -2.32. The van der Waals surface area contributed by atoms with Crippen molar-refractivity contribution in [1.29, 1.82) is 0 Å². The van der Waals surface area contributed by atoms with Crippen molar-refractivity contribution in [2.24, 2.45) is 0 Å². The number of benzene rings is 7. The second-order valence-corrected chi connectivity index (χ2v) is 27.6. The monoisotopic (exact) mass is 1090 g/mol. The summed E-state index contributed by atoms with van der Waals surface area (Å²) in [6.45, 7) is 0. The van der Waals surface area contributed by atoms with Crippen molar-refractivity contribution in [1.82, 2.24) is 24.1 Å². The number of allylic oxidation sites excluding steroid dienone is 4. The van der Waals surface area contributed by atoms with Gasteiger partial charge in [-0.05, 0) is 27.5 Å². The molecule has 5 nitrogen and oxygen atoms in total. The molecule has 87 heavy (non-hydrogen) atoms. The van der Waals surface area contributed by atoms with E-state index in [4.69, 9.17) is 15.0 Å². The first-order chi connectivity index (χ1) is 40.6. The Morgan fingerprint density at radius 3 is 0.908 bits per heavy atom. The van der Waals surface area contributed by atoms with Crippen molar-refractivity contribution in [2.75, 3.05) is 0 Å². The van der Waals surface area contributed by atoms with Gasteiger partial charge < -0.3 is 4.57 Å². The first-order valence-corrected chi connectivity index (χ1v) is 32.0. The Morgan fingerprint density at radius 2 is 0.517 bits per heavy atom. The average molecular weight is 1080 g/mol. The quantitative estimate of drug-likeness (QED) is 0.156. The van der Waals surface area contributed by atoms with E-state index in [0.717, 1.165) is 22.2 Å². The molecule has 0 N–H and O–H groups in total. The van der Waals surface area contributed by atoms with Gasteiger partial charge in [-0.15, -0.1) is 71.0 Å². The number of fused-ring (bicyclic) bond motifs is 7. The SMILES string of the molecule is BC1=C(B)C(c2c(B)c(B)c(B)c(-n3c4c(B)c(B)c(B)c(B)c4c4c(B)c(B)c5c6c(B)c(B)c(B)c(B)c6n(-c6nc(-c7c(B)c(B)c(B)c(B)c7B)nc(-c7c(B)c(B)c(B)c(B)c7B)n6)c5c43)c2B)C(c2c(B)c(B)c(B)c(B)c2B)=C1B. The molecule has 37 heteroatoms. The van der Waals surface area contributed by atoms with E-state index in [1.807, 2.05) is 0 Å². The van der Waals surface area contributed by atoms with Crippen molar-refractivity contribution in [3.05, 3.63) is 27.5 Å². The summed E-state index contributed by atoms with van der Waals surface area (Å²) >= 11 is 0. The van der Waals surface area contributed by atoms with Gasteiger partial charge in [-0.25, -0.2) is 4.98 Å². The number of hydrogen-bond acceptors (Lipinski definition) is 3. The van der Waals surface area contributed by atoms with Crippen LogP contribution in [0.1, 0.15) is 17.0 Å². The molecular weight excluding hydrogens is 1020 g/mol. The first kappa shape index (κ1) is 63.3. The topological polar surface area (TPSA) is 48.5 Å². The van der Waals surface area contributed by atoms with Crippen LogP contribution in [-0.2, 0) is 0 Å². The molecule has 10 aromatic rings. The molecule has 0 bridgehead atoms. The van der Waals surface area contributed by atoms with Gasteiger partial charge in [0.25, 0.3) is 0 Å². The molecule has 0 saturated carbocycles. The maximum absolute atomic E-state index is 5.97. The van der Waals surface area contributed by atoms with Gasteiger partial charge in [0.2, 0.25) is 5.95 Å². The Kier molecular flexibility index (Phi) is 15.8. The summed E-state index contributed by atoms with van der Waals surface area (Å²) in [4.78, 5) is 17.7. The van der Waals surface area contributed by atoms with Gasteiger partial charge in [0.15, 0.2) is 11.6 Å². The summed E-state index contributed by atoms with van der Waals surface area (Å²) in [6.07, 6.45) is 0. The Bertz CT molecular complexity index is 4850. The minimum Gasteiger partial charge on any atom is -0.309 e. The highest BCUT2D eigenvalue weighted by Gasteiger charge is 2.37. The van der Waals surface area contributed by atoms with E-state index < -0.39 is 0 Å². The van der Waals surface area contributed by atoms with Crippen LogP contribution in [0.25, 0.3) is 83.6 Å². The lowest BCUT2D eigenvalue weighted by atomic mass is 9.56. The normalized spacial score (nSPS) is 13.6. The van der Waals surface area contributed by atoms with Gasteiger partial charge >= 0.3 is 0 Å². The minimum absolute atomic E-state index is 0.0672. The van der Waals surface area contributed by atoms with Crippen molar-refractivity contribution in [3.63, 3.8) is 0 Å². The third-order valence-electron chi connectivity index (χ3n) is 24.7. The fourth-order valence-corrected chi connectivity index (χ4v) is 16.6. The van der Waals surface area contributed by atoms with Gasteiger partial charge in [-0.1, -0.05) is 104 Å². The Morgan fingerprint density at radius 1 is 0.230 bits per heavy atom. The number of hydrogen-bond donors (Lipinski definition) is 0. The second-order valence-electron chi connectivity index (χ2n) is 27.6. The van der Waals surface area contributed by atoms with Crippen LogP contribution in [0.2, 0.25) is 0 Å². The van der Waals surface area contributed by atoms with Crippen LogP contribution in [0.3, 0.4) is 0 Å². The molecule has 11 rings (SSSR count). The van der Waals surface area contributed by atoms with Crippen LogP contribution < -0.4 is 158 Å². The summed E-state index contributed by atoms with van der Waals surface area (Å²) in [5, 5.41) is 5.17. The maximum Gasteiger partial charge on any atom is 0.238 e. The van der Waals surface area contributed by atoms with E-state index in [9.17, 15) is 0 Å². The van der Waals surface area contributed by atoms with E-state index in [1.54, 1.807) is 0 Å². The lowest BCUT2D eigenvalue weighted by Crippen LogP contribution is -2.56. The predicted octanol–water partition coefficient (Wildman–Crippen LogP) is -41.5. The number of aromatic nitrogens is 5. The summed E-state index contributed by atoms with van der Waals surface area (Å²) in [6, 6.07) is 0. The predicted molar refractivity (Wildman–Crippen MR) is 485 cm³/mol. The molecule has 0 fully saturated rings. The zero-order valence-corrected chi connectivity index (χ0v) is 59.3. The number of nitrogens with zero attached hydrogens (tertiary/aromatic N) is 5.